The molecule has 0 saturated heterocycles. The molecule has 0 aliphatic rings. The second-order valence-electron chi connectivity index (χ2n) is 3.48. The average Bonchev–Trinajstić information content (AvgIpc) is 2.15. The number of aryl methyl sites for hydroxylation is 1. The van der Waals surface area contributed by atoms with Gasteiger partial charge in [-0.3, -0.25) is 4.79 Å². The molecule has 3 nitrogen and oxygen atoms in total. The van der Waals surface area contributed by atoms with Crippen LogP contribution in [0.15, 0.2) is 18.7 Å². The minimum absolute atomic E-state index is 0.129. The minimum atomic E-state index is -0.926. The van der Waals surface area contributed by atoms with Crippen molar-refractivity contribution < 1.29 is 14.6 Å². The van der Waals surface area contributed by atoms with Gasteiger partial charge < -0.3 is 9.84 Å². The van der Waals surface area contributed by atoms with Crippen LogP contribution in [0.25, 0.3) is 5.57 Å². The summed E-state index contributed by atoms with van der Waals surface area (Å²) in [5, 5.41) is 9.25. The zero-order valence-corrected chi connectivity index (χ0v) is 9.97. The van der Waals surface area contributed by atoms with Crippen LogP contribution >= 0.6 is 11.6 Å². The van der Waals surface area contributed by atoms with Crippen molar-refractivity contribution in [3.8, 4) is 5.75 Å². The maximum atomic E-state index is 10.6. The highest BCUT2D eigenvalue weighted by molar-refractivity contribution is 6.31. The molecule has 4 heteroatoms. The van der Waals surface area contributed by atoms with Crippen LogP contribution in [0.5, 0.6) is 5.75 Å². The standard InChI is InChI=1S/C12H13ClO3/c1-7(5-11(14)15)10-6-9(13)4-8(2)12(10)16-3/h4,6H,1,5H2,2-3H3,(H,14,15). The van der Waals surface area contributed by atoms with Crippen molar-refractivity contribution in [2.45, 2.75) is 13.3 Å². The number of benzene rings is 1. The topological polar surface area (TPSA) is 46.5 Å². The van der Waals surface area contributed by atoms with Gasteiger partial charge in [0.1, 0.15) is 5.75 Å². The molecule has 0 radical (unpaired) electrons. The molecule has 0 spiro atoms. The minimum Gasteiger partial charge on any atom is -0.496 e. The fourth-order valence-electron chi connectivity index (χ4n) is 1.54. The predicted octanol–water partition coefficient (Wildman–Crippen LogP) is 3.14. The van der Waals surface area contributed by atoms with Gasteiger partial charge in [-0.15, -0.1) is 0 Å². The lowest BCUT2D eigenvalue weighted by Crippen LogP contribution is -1.99. The number of ether oxygens (including phenoxy) is 1. The maximum Gasteiger partial charge on any atom is 0.307 e. The smallest absolute Gasteiger partial charge is 0.307 e. The Bertz CT molecular complexity index is 438. The number of aliphatic carboxylic acids is 1. The Balaban J connectivity index is 3.20. The largest absolute Gasteiger partial charge is 0.496 e. The van der Waals surface area contributed by atoms with E-state index in [2.05, 4.69) is 6.58 Å². The van der Waals surface area contributed by atoms with Crippen molar-refractivity contribution in [2.24, 2.45) is 0 Å². The number of rotatable bonds is 4. The van der Waals surface area contributed by atoms with E-state index in [0.717, 1.165) is 5.56 Å². The van der Waals surface area contributed by atoms with Gasteiger partial charge in [0.05, 0.1) is 13.5 Å². The third kappa shape index (κ3) is 2.76. The highest BCUT2D eigenvalue weighted by Crippen LogP contribution is 2.33. The van der Waals surface area contributed by atoms with E-state index in [-0.39, 0.29) is 6.42 Å². The molecule has 1 N–H and O–H groups in total. The second kappa shape index (κ2) is 5.03. The van der Waals surface area contributed by atoms with Crippen molar-refractivity contribution in [3.05, 3.63) is 34.9 Å². The maximum absolute atomic E-state index is 10.6. The van der Waals surface area contributed by atoms with E-state index in [9.17, 15) is 4.79 Å². The molecule has 0 heterocycles. The molecule has 0 bridgehead atoms. The van der Waals surface area contributed by atoms with E-state index < -0.39 is 5.97 Å². The van der Waals surface area contributed by atoms with E-state index in [1.54, 1.807) is 12.1 Å². The molecule has 1 rings (SSSR count). The number of hydrogen-bond acceptors (Lipinski definition) is 2. The van der Waals surface area contributed by atoms with Crippen LogP contribution in [-0.2, 0) is 4.79 Å². The Morgan fingerprint density at radius 1 is 1.56 bits per heavy atom. The van der Waals surface area contributed by atoms with Crippen molar-refractivity contribution in [1.29, 1.82) is 0 Å². The Hall–Kier alpha value is -1.48. The van der Waals surface area contributed by atoms with Crippen LogP contribution in [0, 0.1) is 6.92 Å². The summed E-state index contributed by atoms with van der Waals surface area (Å²) in [5.41, 5.74) is 1.99. The van der Waals surface area contributed by atoms with Gasteiger partial charge in [-0.25, -0.2) is 0 Å². The molecule has 0 fully saturated rings. The second-order valence-corrected chi connectivity index (χ2v) is 3.91. The molecule has 0 amide bonds. The molecule has 0 aromatic heterocycles. The van der Waals surface area contributed by atoms with Gasteiger partial charge in [-0.05, 0) is 30.2 Å². The van der Waals surface area contributed by atoms with Crippen LogP contribution in [-0.4, -0.2) is 18.2 Å². The quantitative estimate of drug-likeness (QED) is 0.880. The zero-order chi connectivity index (χ0) is 12.3. The third-order valence-electron chi connectivity index (χ3n) is 2.19. The summed E-state index contributed by atoms with van der Waals surface area (Å²) < 4.78 is 5.22. The molecular weight excluding hydrogens is 228 g/mol. The summed E-state index contributed by atoms with van der Waals surface area (Å²) in [6.07, 6.45) is -0.129. The van der Waals surface area contributed by atoms with E-state index in [4.69, 9.17) is 21.4 Å². The first-order valence-electron chi connectivity index (χ1n) is 4.69. The number of carboxylic acid groups (broad SMARTS) is 1. The number of halogens is 1. The van der Waals surface area contributed by atoms with Gasteiger partial charge in [0.2, 0.25) is 0 Å². The Kier molecular flexibility index (Phi) is 3.96. The van der Waals surface area contributed by atoms with Crippen LogP contribution in [0.2, 0.25) is 5.02 Å². The monoisotopic (exact) mass is 240 g/mol. The van der Waals surface area contributed by atoms with Crippen LogP contribution < -0.4 is 4.74 Å². The molecule has 0 atom stereocenters. The number of methoxy groups -OCH3 is 1. The molecule has 0 unspecified atom stereocenters. The number of hydrogen-bond donors (Lipinski definition) is 1. The van der Waals surface area contributed by atoms with Crippen molar-refractivity contribution in [2.75, 3.05) is 7.11 Å². The van der Waals surface area contributed by atoms with Crippen LogP contribution in [0.1, 0.15) is 17.5 Å². The van der Waals surface area contributed by atoms with Gasteiger partial charge in [0.15, 0.2) is 0 Å². The van der Waals surface area contributed by atoms with Crippen LogP contribution in [0.3, 0.4) is 0 Å². The normalized spacial score (nSPS) is 9.94. The Labute approximate surface area is 99.3 Å². The number of carbonyl (C=O) groups is 1. The SMILES string of the molecule is C=C(CC(=O)O)c1cc(Cl)cc(C)c1OC. The number of carboxylic acids is 1. The van der Waals surface area contributed by atoms with Gasteiger partial charge in [0, 0.05) is 10.6 Å². The van der Waals surface area contributed by atoms with Crippen LogP contribution in [0.4, 0.5) is 0 Å². The van der Waals surface area contributed by atoms with E-state index in [0.29, 0.717) is 21.9 Å². The predicted molar refractivity (Wildman–Crippen MR) is 64.0 cm³/mol. The molecule has 0 saturated carbocycles. The summed E-state index contributed by atoms with van der Waals surface area (Å²) in [4.78, 5) is 10.6. The van der Waals surface area contributed by atoms with Gasteiger partial charge in [-0.2, -0.15) is 0 Å². The molecular formula is C12H13ClO3. The van der Waals surface area contributed by atoms with Crippen molar-refractivity contribution >= 4 is 23.1 Å². The molecule has 16 heavy (non-hydrogen) atoms. The van der Waals surface area contributed by atoms with E-state index >= 15 is 0 Å². The lowest BCUT2D eigenvalue weighted by atomic mass is 10.0. The summed E-state index contributed by atoms with van der Waals surface area (Å²) in [5.74, 6) is -0.305. The van der Waals surface area contributed by atoms with Crippen molar-refractivity contribution in [3.63, 3.8) is 0 Å². The lowest BCUT2D eigenvalue weighted by molar-refractivity contribution is -0.135. The zero-order valence-electron chi connectivity index (χ0n) is 9.21. The van der Waals surface area contributed by atoms with Crippen molar-refractivity contribution in [1.82, 2.24) is 0 Å². The first-order valence-corrected chi connectivity index (χ1v) is 5.07. The fourth-order valence-corrected chi connectivity index (χ4v) is 1.81. The summed E-state index contributed by atoms with van der Waals surface area (Å²) in [6, 6.07) is 3.43. The average molecular weight is 241 g/mol. The highest BCUT2D eigenvalue weighted by Gasteiger charge is 2.13. The molecule has 0 aliphatic carbocycles. The van der Waals surface area contributed by atoms with E-state index in [1.165, 1.54) is 7.11 Å². The van der Waals surface area contributed by atoms with E-state index in [1.807, 2.05) is 6.92 Å². The van der Waals surface area contributed by atoms with Gasteiger partial charge in [0.25, 0.3) is 0 Å². The summed E-state index contributed by atoms with van der Waals surface area (Å²) in [6.45, 7) is 5.59. The lowest BCUT2D eigenvalue weighted by Gasteiger charge is -2.13. The first kappa shape index (κ1) is 12.6. The van der Waals surface area contributed by atoms with Gasteiger partial charge in [-0.1, -0.05) is 18.2 Å². The Morgan fingerprint density at radius 3 is 2.69 bits per heavy atom. The molecule has 0 aliphatic heterocycles. The fraction of sp³-hybridized carbons (Fsp3) is 0.250. The summed E-state index contributed by atoms with van der Waals surface area (Å²) >= 11 is 5.92. The summed E-state index contributed by atoms with van der Waals surface area (Å²) in [7, 11) is 1.54. The highest BCUT2D eigenvalue weighted by atomic mass is 35.5. The third-order valence-corrected chi connectivity index (χ3v) is 2.41. The molecule has 1 aromatic carbocycles. The first-order chi connectivity index (χ1) is 7.45. The molecule has 86 valence electrons. The molecule has 1 aromatic rings. The van der Waals surface area contributed by atoms with Gasteiger partial charge >= 0.3 is 5.97 Å². The Morgan fingerprint density at radius 2 is 2.19 bits per heavy atom.